The van der Waals surface area contributed by atoms with Gasteiger partial charge in [0.25, 0.3) is 0 Å². The molecule has 1 saturated heterocycles. The first kappa shape index (κ1) is 16.1. The smallest absolute Gasteiger partial charge is 0.199 e. The van der Waals surface area contributed by atoms with Crippen LogP contribution in [0.3, 0.4) is 0 Å². The summed E-state index contributed by atoms with van der Waals surface area (Å²) in [6.45, 7) is 1.87. The molecule has 0 spiro atoms. The predicted octanol–water partition coefficient (Wildman–Crippen LogP) is 4.09. The Kier molecular flexibility index (Phi) is 4.65. The molecule has 128 valence electrons. The number of benzene rings is 1. The fourth-order valence-corrected chi connectivity index (χ4v) is 3.51. The van der Waals surface area contributed by atoms with Crippen molar-refractivity contribution in [2.45, 2.75) is 25.2 Å². The van der Waals surface area contributed by atoms with Crippen molar-refractivity contribution >= 4 is 17.4 Å². The van der Waals surface area contributed by atoms with E-state index < -0.39 is 0 Å². The van der Waals surface area contributed by atoms with Crippen LogP contribution in [0.25, 0.3) is 0 Å². The summed E-state index contributed by atoms with van der Waals surface area (Å²) < 4.78 is 6.04. The van der Waals surface area contributed by atoms with Crippen molar-refractivity contribution in [3.63, 3.8) is 0 Å². The molecule has 1 aromatic carbocycles. The molecule has 1 aliphatic rings. The average molecular weight is 355 g/mol. The van der Waals surface area contributed by atoms with Crippen molar-refractivity contribution in [2.75, 3.05) is 18.0 Å². The highest BCUT2D eigenvalue weighted by Gasteiger charge is 2.25. The Morgan fingerprint density at radius 3 is 3.04 bits per heavy atom. The number of hydrogen-bond acceptors (Lipinski definition) is 5. The molecule has 0 bridgehead atoms. The molecule has 0 radical (unpaired) electrons. The van der Waals surface area contributed by atoms with Crippen molar-refractivity contribution in [3.05, 3.63) is 71.3 Å². The van der Waals surface area contributed by atoms with Gasteiger partial charge < -0.3 is 9.32 Å². The van der Waals surface area contributed by atoms with Crippen LogP contribution in [0.4, 0.5) is 5.82 Å². The molecule has 0 aliphatic carbocycles. The van der Waals surface area contributed by atoms with E-state index in [9.17, 15) is 0 Å². The Hall–Kier alpha value is -2.40. The quantitative estimate of drug-likeness (QED) is 0.706. The zero-order valence-electron chi connectivity index (χ0n) is 13.8. The number of oxazole rings is 1. The minimum atomic E-state index is 0.289. The molecule has 1 atom stereocenters. The van der Waals surface area contributed by atoms with Crippen molar-refractivity contribution in [1.29, 1.82) is 0 Å². The summed E-state index contributed by atoms with van der Waals surface area (Å²) in [5.41, 5.74) is 1.13. The van der Waals surface area contributed by atoms with Crippen LogP contribution in [0, 0.1) is 0 Å². The van der Waals surface area contributed by atoms with E-state index in [1.807, 2.05) is 36.5 Å². The van der Waals surface area contributed by atoms with E-state index >= 15 is 0 Å². The molecule has 1 aliphatic heterocycles. The minimum absolute atomic E-state index is 0.289. The van der Waals surface area contributed by atoms with Gasteiger partial charge in [-0.25, -0.2) is 15.0 Å². The van der Waals surface area contributed by atoms with Crippen molar-refractivity contribution in [1.82, 2.24) is 15.0 Å². The molecule has 0 saturated carbocycles. The lowest BCUT2D eigenvalue weighted by atomic mass is 9.98. The van der Waals surface area contributed by atoms with Gasteiger partial charge in [0, 0.05) is 30.7 Å². The van der Waals surface area contributed by atoms with Crippen LogP contribution in [0.1, 0.15) is 36.0 Å². The molecule has 5 nitrogen and oxygen atoms in total. The maximum atomic E-state index is 6.05. The highest BCUT2D eigenvalue weighted by Crippen LogP contribution is 2.29. The standard InChI is InChI=1S/C19H19ClN4O/c20-16-5-1-3-14(9-16)10-17-11-22-19(25-17)15-4-2-8-24(12-15)18-6-7-21-13-23-18/h1,3,5-7,9,11,13,15H,2,4,8,10,12H2. The zero-order valence-corrected chi connectivity index (χ0v) is 14.6. The Labute approximate surface area is 151 Å². The number of piperidine rings is 1. The molecule has 4 rings (SSSR count). The Morgan fingerprint density at radius 1 is 1.24 bits per heavy atom. The maximum absolute atomic E-state index is 6.05. The summed E-state index contributed by atoms with van der Waals surface area (Å²) in [6.07, 6.45) is 8.09. The van der Waals surface area contributed by atoms with Gasteiger partial charge in [-0.2, -0.15) is 0 Å². The normalized spacial score (nSPS) is 17.6. The van der Waals surface area contributed by atoms with E-state index in [0.717, 1.165) is 54.0 Å². The van der Waals surface area contributed by atoms with E-state index in [-0.39, 0.29) is 5.92 Å². The molecule has 25 heavy (non-hydrogen) atoms. The summed E-state index contributed by atoms with van der Waals surface area (Å²) in [5, 5.41) is 0.741. The lowest BCUT2D eigenvalue weighted by Crippen LogP contribution is -2.35. The first-order valence-corrected chi connectivity index (χ1v) is 8.86. The van der Waals surface area contributed by atoms with Crippen molar-refractivity contribution < 1.29 is 4.42 Å². The third kappa shape index (κ3) is 3.82. The second-order valence-corrected chi connectivity index (χ2v) is 6.76. The van der Waals surface area contributed by atoms with E-state index in [1.165, 1.54) is 0 Å². The summed E-state index contributed by atoms with van der Waals surface area (Å²) in [7, 11) is 0. The molecule has 2 aromatic heterocycles. The van der Waals surface area contributed by atoms with Crippen LogP contribution in [0.15, 0.2) is 53.5 Å². The van der Waals surface area contributed by atoms with Gasteiger partial charge in [-0.1, -0.05) is 23.7 Å². The Bertz CT molecular complexity index is 836. The fraction of sp³-hybridized carbons (Fsp3) is 0.316. The number of nitrogens with zero attached hydrogens (tertiary/aromatic N) is 4. The molecular weight excluding hydrogens is 336 g/mol. The number of halogens is 1. The van der Waals surface area contributed by atoms with Gasteiger partial charge in [0.1, 0.15) is 17.9 Å². The molecule has 1 unspecified atom stereocenters. The third-order valence-electron chi connectivity index (χ3n) is 4.50. The monoisotopic (exact) mass is 354 g/mol. The second kappa shape index (κ2) is 7.23. The van der Waals surface area contributed by atoms with Gasteiger partial charge in [-0.05, 0) is 36.6 Å². The van der Waals surface area contributed by atoms with Crippen LogP contribution in [0.2, 0.25) is 5.02 Å². The summed E-state index contributed by atoms with van der Waals surface area (Å²) in [4.78, 5) is 15.1. The zero-order chi connectivity index (χ0) is 17.1. The first-order chi connectivity index (χ1) is 12.3. The SMILES string of the molecule is Clc1cccc(Cc2cnc(C3CCCN(c4ccncn4)C3)o2)c1. The van der Waals surface area contributed by atoms with Gasteiger partial charge >= 0.3 is 0 Å². The number of rotatable bonds is 4. The number of aromatic nitrogens is 3. The lowest BCUT2D eigenvalue weighted by molar-refractivity contribution is 0.384. The lowest BCUT2D eigenvalue weighted by Gasteiger charge is -2.31. The molecule has 1 fully saturated rings. The van der Waals surface area contributed by atoms with Gasteiger partial charge in [0.15, 0.2) is 5.89 Å². The van der Waals surface area contributed by atoms with Crippen LogP contribution >= 0.6 is 11.6 Å². The van der Waals surface area contributed by atoms with Gasteiger partial charge in [0.05, 0.1) is 12.1 Å². The van der Waals surface area contributed by atoms with E-state index in [4.69, 9.17) is 16.0 Å². The minimum Gasteiger partial charge on any atom is -0.445 e. The topological polar surface area (TPSA) is 55.1 Å². The molecule has 0 amide bonds. The molecule has 3 aromatic rings. The number of hydrogen-bond donors (Lipinski definition) is 0. The summed E-state index contributed by atoms with van der Waals surface area (Å²) in [6, 6.07) is 9.78. The third-order valence-corrected chi connectivity index (χ3v) is 4.73. The fourth-order valence-electron chi connectivity index (χ4n) is 3.30. The van der Waals surface area contributed by atoms with E-state index in [0.29, 0.717) is 6.42 Å². The summed E-state index contributed by atoms with van der Waals surface area (Å²) >= 11 is 6.05. The first-order valence-electron chi connectivity index (χ1n) is 8.48. The molecule has 3 heterocycles. The maximum Gasteiger partial charge on any atom is 0.199 e. The van der Waals surface area contributed by atoms with E-state index in [1.54, 1.807) is 12.5 Å². The highest BCUT2D eigenvalue weighted by molar-refractivity contribution is 6.30. The van der Waals surface area contributed by atoms with Crippen LogP contribution in [0.5, 0.6) is 0 Å². The van der Waals surface area contributed by atoms with Gasteiger partial charge in [-0.15, -0.1) is 0 Å². The highest BCUT2D eigenvalue weighted by atomic mass is 35.5. The molecule has 6 heteroatoms. The molecular formula is C19H19ClN4O. The number of anilines is 1. The predicted molar refractivity (Wildman–Crippen MR) is 97.0 cm³/mol. The van der Waals surface area contributed by atoms with Crippen LogP contribution < -0.4 is 4.90 Å². The van der Waals surface area contributed by atoms with Crippen molar-refractivity contribution in [3.8, 4) is 0 Å². The van der Waals surface area contributed by atoms with Gasteiger partial charge in [0.2, 0.25) is 0 Å². The Balaban J connectivity index is 1.46. The average Bonchev–Trinajstić information content (AvgIpc) is 3.11. The molecule has 0 N–H and O–H groups in total. The van der Waals surface area contributed by atoms with E-state index in [2.05, 4.69) is 19.9 Å². The Morgan fingerprint density at radius 2 is 2.20 bits per heavy atom. The second-order valence-electron chi connectivity index (χ2n) is 6.32. The summed E-state index contributed by atoms with van der Waals surface area (Å²) in [5.74, 6) is 2.94. The van der Waals surface area contributed by atoms with Crippen LogP contribution in [-0.2, 0) is 6.42 Å². The largest absolute Gasteiger partial charge is 0.445 e. The van der Waals surface area contributed by atoms with Crippen molar-refractivity contribution in [2.24, 2.45) is 0 Å². The van der Waals surface area contributed by atoms with Gasteiger partial charge in [-0.3, -0.25) is 0 Å². The van der Waals surface area contributed by atoms with Crippen LogP contribution in [-0.4, -0.2) is 28.0 Å².